The summed E-state index contributed by atoms with van der Waals surface area (Å²) in [6.07, 6.45) is 1.66. The van der Waals surface area contributed by atoms with E-state index in [1.54, 1.807) is 76.1 Å². The lowest BCUT2D eigenvalue weighted by Gasteiger charge is -2.13. The molecule has 0 saturated heterocycles. The predicted octanol–water partition coefficient (Wildman–Crippen LogP) is 3.20. The quantitative estimate of drug-likeness (QED) is 0.643. The zero-order valence-corrected chi connectivity index (χ0v) is 15.8. The van der Waals surface area contributed by atoms with E-state index in [4.69, 9.17) is 18.9 Å². The number of amides is 1. The SMILES string of the molecule is COc1cccc(NC(=O)c2ccn(COc3c(OC)cccc3OC)n2)c1. The summed E-state index contributed by atoms with van der Waals surface area (Å²) in [5.74, 6) is 1.87. The Morgan fingerprint density at radius 1 is 1.00 bits per heavy atom. The highest BCUT2D eigenvalue weighted by molar-refractivity contribution is 6.02. The molecule has 0 saturated carbocycles. The van der Waals surface area contributed by atoms with E-state index >= 15 is 0 Å². The number of para-hydroxylation sites is 1. The number of methoxy groups -OCH3 is 3. The van der Waals surface area contributed by atoms with Crippen LogP contribution in [0.2, 0.25) is 0 Å². The van der Waals surface area contributed by atoms with Crippen molar-refractivity contribution in [2.75, 3.05) is 26.6 Å². The van der Waals surface area contributed by atoms with Crippen molar-refractivity contribution < 1.29 is 23.7 Å². The maximum atomic E-state index is 12.4. The van der Waals surface area contributed by atoms with Crippen molar-refractivity contribution in [2.24, 2.45) is 0 Å². The normalized spacial score (nSPS) is 10.2. The summed E-state index contributed by atoms with van der Waals surface area (Å²) in [4.78, 5) is 12.4. The first-order chi connectivity index (χ1) is 13.6. The van der Waals surface area contributed by atoms with Gasteiger partial charge in [-0.25, -0.2) is 4.68 Å². The molecule has 146 valence electrons. The molecule has 1 amide bonds. The second-order valence-corrected chi connectivity index (χ2v) is 5.69. The van der Waals surface area contributed by atoms with Gasteiger partial charge in [0.25, 0.3) is 5.91 Å². The molecule has 0 spiro atoms. The Hall–Kier alpha value is -3.68. The summed E-state index contributed by atoms with van der Waals surface area (Å²) in [6, 6.07) is 14.1. The van der Waals surface area contributed by atoms with Crippen molar-refractivity contribution in [3.8, 4) is 23.0 Å². The molecule has 3 rings (SSSR count). The fraction of sp³-hybridized carbons (Fsp3) is 0.200. The molecule has 0 atom stereocenters. The van der Waals surface area contributed by atoms with Crippen LogP contribution in [0.1, 0.15) is 10.5 Å². The number of ether oxygens (including phenoxy) is 4. The lowest BCUT2D eigenvalue weighted by Crippen LogP contribution is -2.14. The number of nitrogens with one attached hydrogen (secondary N) is 1. The monoisotopic (exact) mass is 383 g/mol. The van der Waals surface area contributed by atoms with Gasteiger partial charge in [0.05, 0.1) is 21.3 Å². The average Bonchev–Trinajstić information content (AvgIpc) is 3.21. The van der Waals surface area contributed by atoms with Crippen LogP contribution in [0.25, 0.3) is 0 Å². The molecule has 8 heteroatoms. The second-order valence-electron chi connectivity index (χ2n) is 5.69. The molecule has 2 aromatic carbocycles. The highest BCUT2D eigenvalue weighted by atomic mass is 16.5. The molecule has 0 unspecified atom stereocenters. The Labute approximate surface area is 162 Å². The average molecular weight is 383 g/mol. The van der Waals surface area contributed by atoms with E-state index in [1.165, 1.54) is 4.68 Å². The van der Waals surface area contributed by atoms with Crippen LogP contribution >= 0.6 is 0 Å². The van der Waals surface area contributed by atoms with Crippen molar-refractivity contribution in [3.63, 3.8) is 0 Å². The number of aromatic nitrogens is 2. The number of anilines is 1. The molecule has 1 aromatic heterocycles. The van der Waals surface area contributed by atoms with Crippen LogP contribution in [0.5, 0.6) is 23.0 Å². The van der Waals surface area contributed by atoms with Crippen LogP contribution in [0.15, 0.2) is 54.7 Å². The summed E-state index contributed by atoms with van der Waals surface area (Å²) in [5.41, 5.74) is 0.882. The van der Waals surface area contributed by atoms with Crippen LogP contribution in [0, 0.1) is 0 Å². The minimum Gasteiger partial charge on any atom is -0.497 e. The van der Waals surface area contributed by atoms with E-state index in [1.807, 2.05) is 0 Å². The molecule has 0 aliphatic rings. The van der Waals surface area contributed by atoms with Gasteiger partial charge in [0.1, 0.15) is 5.75 Å². The Morgan fingerprint density at radius 3 is 2.39 bits per heavy atom. The fourth-order valence-electron chi connectivity index (χ4n) is 2.54. The molecule has 1 N–H and O–H groups in total. The van der Waals surface area contributed by atoms with E-state index < -0.39 is 0 Å². The van der Waals surface area contributed by atoms with Crippen LogP contribution < -0.4 is 24.3 Å². The topological polar surface area (TPSA) is 83.8 Å². The summed E-state index contributed by atoms with van der Waals surface area (Å²) in [6.45, 7) is 0.0865. The van der Waals surface area contributed by atoms with Crippen molar-refractivity contribution in [1.29, 1.82) is 0 Å². The number of benzene rings is 2. The van der Waals surface area contributed by atoms with Crippen LogP contribution in [0.3, 0.4) is 0 Å². The Morgan fingerprint density at radius 2 is 1.71 bits per heavy atom. The Balaban J connectivity index is 1.67. The number of rotatable bonds is 8. The van der Waals surface area contributed by atoms with Gasteiger partial charge in [-0.05, 0) is 30.3 Å². The minimum absolute atomic E-state index is 0.0865. The summed E-state index contributed by atoms with van der Waals surface area (Å²) >= 11 is 0. The first-order valence-corrected chi connectivity index (χ1v) is 8.47. The first-order valence-electron chi connectivity index (χ1n) is 8.47. The number of hydrogen-bond donors (Lipinski definition) is 1. The van der Waals surface area contributed by atoms with Gasteiger partial charge in [-0.1, -0.05) is 12.1 Å². The van der Waals surface area contributed by atoms with Gasteiger partial charge in [-0.3, -0.25) is 4.79 Å². The van der Waals surface area contributed by atoms with Gasteiger partial charge in [0, 0.05) is 18.0 Å². The second kappa shape index (κ2) is 8.81. The number of carbonyl (C=O) groups is 1. The first kappa shape index (κ1) is 19.1. The molecule has 0 radical (unpaired) electrons. The molecular weight excluding hydrogens is 362 g/mol. The van der Waals surface area contributed by atoms with Crippen LogP contribution in [-0.4, -0.2) is 37.0 Å². The lowest BCUT2D eigenvalue weighted by atomic mass is 10.3. The van der Waals surface area contributed by atoms with E-state index in [2.05, 4.69) is 10.4 Å². The van der Waals surface area contributed by atoms with Crippen molar-refractivity contribution in [1.82, 2.24) is 9.78 Å². The van der Waals surface area contributed by atoms with E-state index in [-0.39, 0.29) is 18.3 Å². The summed E-state index contributed by atoms with van der Waals surface area (Å²) < 4.78 is 23.0. The fourth-order valence-corrected chi connectivity index (χ4v) is 2.54. The smallest absolute Gasteiger partial charge is 0.276 e. The molecule has 0 bridgehead atoms. The third kappa shape index (κ3) is 4.35. The molecule has 0 aliphatic heterocycles. The highest BCUT2D eigenvalue weighted by Crippen LogP contribution is 2.36. The third-order valence-corrected chi connectivity index (χ3v) is 3.92. The van der Waals surface area contributed by atoms with Gasteiger partial charge in [-0.15, -0.1) is 0 Å². The lowest BCUT2D eigenvalue weighted by molar-refractivity contribution is 0.102. The number of nitrogens with zero attached hydrogens (tertiary/aromatic N) is 2. The number of carbonyl (C=O) groups excluding carboxylic acids is 1. The standard InChI is InChI=1S/C20H21N3O5/c1-25-15-7-4-6-14(12-15)21-20(24)16-10-11-23(22-16)13-28-19-17(26-2)8-5-9-18(19)27-3/h4-12H,13H2,1-3H3,(H,21,24). The maximum Gasteiger partial charge on any atom is 0.276 e. The molecule has 28 heavy (non-hydrogen) atoms. The van der Waals surface area contributed by atoms with Gasteiger partial charge < -0.3 is 24.3 Å². The zero-order valence-electron chi connectivity index (χ0n) is 15.8. The van der Waals surface area contributed by atoms with Crippen LogP contribution in [-0.2, 0) is 6.73 Å². The van der Waals surface area contributed by atoms with Gasteiger partial charge >= 0.3 is 0 Å². The molecular formula is C20H21N3O5. The molecule has 8 nitrogen and oxygen atoms in total. The van der Waals surface area contributed by atoms with Crippen molar-refractivity contribution in [2.45, 2.75) is 6.73 Å². The molecule has 0 fully saturated rings. The molecule has 3 aromatic rings. The third-order valence-electron chi connectivity index (χ3n) is 3.92. The largest absolute Gasteiger partial charge is 0.497 e. The van der Waals surface area contributed by atoms with E-state index in [9.17, 15) is 4.79 Å². The summed E-state index contributed by atoms with van der Waals surface area (Å²) in [5, 5.41) is 7.02. The van der Waals surface area contributed by atoms with E-state index in [0.717, 1.165) is 0 Å². The highest BCUT2D eigenvalue weighted by Gasteiger charge is 2.13. The van der Waals surface area contributed by atoms with Crippen LogP contribution in [0.4, 0.5) is 5.69 Å². The maximum absolute atomic E-state index is 12.4. The predicted molar refractivity (Wildman–Crippen MR) is 103 cm³/mol. The minimum atomic E-state index is -0.332. The number of hydrogen-bond acceptors (Lipinski definition) is 6. The Bertz CT molecular complexity index is 932. The molecule has 0 aliphatic carbocycles. The van der Waals surface area contributed by atoms with Gasteiger partial charge in [0.15, 0.2) is 23.9 Å². The van der Waals surface area contributed by atoms with Gasteiger partial charge in [-0.2, -0.15) is 5.10 Å². The molecule has 1 heterocycles. The van der Waals surface area contributed by atoms with Gasteiger partial charge in [0.2, 0.25) is 5.75 Å². The Kier molecular flexibility index (Phi) is 6.01. The van der Waals surface area contributed by atoms with Crippen molar-refractivity contribution in [3.05, 3.63) is 60.4 Å². The summed E-state index contributed by atoms with van der Waals surface area (Å²) in [7, 11) is 4.67. The van der Waals surface area contributed by atoms with Crippen molar-refractivity contribution >= 4 is 11.6 Å². The van der Waals surface area contributed by atoms with E-state index in [0.29, 0.717) is 28.7 Å². The zero-order chi connectivity index (χ0) is 19.9.